The number of carbonyl (C=O) groups is 1. The monoisotopic (exact) mass is 353 g/mol. The SMILES string of the molecule is C.NNC(=O)Cc1ccc(CCc2ccc(N3CCCCC3)cc2)cc1. The number of piperidine rings is 1. The van der Waals surface area contributed by atoms with Gasteiger partial charge in [-0.05, 0) is 60.9 Å². The number of rotatable bonds is 6. The molecule has 2 aromatic carbocycles. The molecule has 140 valence electrons. The number of nitrogens with zero attached hydrogens (tertiary/aromatic N) is 1. The van der Waals surface area contributed by atoms with Crippen LogP contribution in [0.5, 0.6) is 0 Å². The zero-order valence-corrected chi connectivity index (χ0v) is 14.7. The topological polar surface area (TPSA) is 58.4 Å². The van der Waals surface area contributed by atoms with E-state index in [2.05, 4.69) is 46.7 Å². The van der Waals surface area contributed by atoms with Crippen molar-refractivity contribution in [2.24, 2.45) is 5.84 Å². The standard InChI is InChI=1S/C21H27N3O.CH4/c22-23-21(25)16-19-8-6-17(7-9-19)4-5-18-10-12-20(13-11-18)24-14-2-1-3-15-24;/h6-13H,1-5,14-16,22H2,(H,23,25);1H4. The van der Waals surface area contributed by atoms with Crippen molar-refractivity contribution in [1.29, 1.82) is 0 Å². The summed E-state index contributed by atoms with van der Waals surface area (Å²) in [6, 6.07) is 17.2. The fraction of sp³-hybridized carbons (Fsp3) is 0.409. The first-order valence-corrected chi connectivity index (χ1v) is 9.16. The molecule has 26 heavy (non-hydrogen) atoms. The molecule has 0 unspecified atom stereocenters. The van der Waals surface area contributed by atoms with Gasteiger partial charge in [0.25, 0.3) is 0 Å². The first kappa shape index (κ1) is 20.0. The van der Waals surface area contributed by atoms with Gasteiger partial charge < -0.3 is 4.90 Å². The maximum atomic E-state index is 11.3. The lowest BCUT2D eigenvalue weighted by atomic mass is 10.0. The van der Waals surface area contributed by atoms with Crippen LogP contribution in [0, 0.1) is 0 Å². The van der Waals surface area contributed by atoms with Gasteiger partial charge in [0.05, 0.1) is 6.42 Å². The fourth-order valence-corrected chi connectivity index (χ4v) is 3.37. The summed E-state index contributed by atoms with van der Waals surface area (Å²) in [5.74, 6) is 4.95. The minimum atomic E-state index is -0.165. The molecule has 0 bridgehead atoms. The second-order valence-electron chi connectivity index (χ2n) is 6.77. The molecule has 0 aromatic heterocycles. The van der Waals surface area contributed by atoms with Crippen LogP contribution >= 0.6 is 0 Å². The van der Waals surface area contributed by atoms with E-state index >= 15 is 0 Å². The Morgan fingerprint density at radius 1 is 0.846 bits per heavy atom. The number of carbonyl (C=O) groups excluding carboxylic acids is 1. The Bertz CT molecular complexity index is 674. The Hall–Kier alpha value is -2.33. The van der Waals surface area contributed by atoms with E-state index in [9.17, 15) is 4.79 Å². The number of hydrazine groups is 1. The lowest BCUT2D eigenvalue weighted by molar-refractivity contribution is -0.120. The summed E-state index contributed by atoms with van der Waals surface area (Å²) in [6.45, 7) is 2.38. The van der Waals surface area contributed by atoms with Crippen molar-refractivity contribution in [3.63, 3.8) is 0 Å². The fourth-order valence-electron chi connectivity index (χ4n) is 3.37. The quantitative estimate of drug-likeness (QED) is 0.474. The van der Waals surface area contributed by atoms with Crippen molar-refractivity contribution in [2.75, 3.05) is 18.0 Å². The molecule has 3 rings (SSSR count). The van der Waals surface area contributed by atoms with E-state index in [4.69, 9.17) is 5.84 Å². The normalized spacial score (nSPS) is 13.8. The van der Waals surface area contributed by atoms with E-state index < -0.39 is 0 Å². The zero-order chi connectivity index (χ0) is 17.5. The average molecular weight is 354 g/mol. The number of nitrogens with two attached hydrogens (primary N) is 1. The molecule has 1 fully saturated rings. The van der Waals surface area contributed by atoms with E-state index in [-0.39, 0.29) is 13.3 Å². The van der Waals surface area contributed by atoms with Crippen LogP contribution in [0.15, 0.2) is 48.5 Å². The molecular formula is C22H31N3O. The summed E-state index contributed by atoms with van der Waals surface area (Å²) in [5.41, 5.74) is 7.15. The smallest absolute Gasteiger partial charge is 0.238 e. The molecule has 3 N–H and O–H groups in total. The van der Waals surface area contributed by atoms with Crippen LogP contribution in [0.4, 0.5) is 5.69 Å². The highest BCUT2D eigenvalue weighted by Crippen LogP contribution is 2.20. The molecule has 1 amide bonds. The van der Waals surface area contributed by atoms with Gasteiger partial charge in [-0.2, -0.15) is 0 Å². The van der Waals surface area contributed by atoms with E-state index in [1.165, 1.54) is 49.2 Å². The lowest BCUT2D eigenvalue weighted by Gasteiger charge is -2.28. The van der Waals surface area contributed by atoms with Gasteiger partial charge >= 0.3 is 0 Å². The average Bonchev–Trinajstić information content (AvgIpc) is 2.68. The van der Waals surface area contributed by atoms with Crippen molar-refractivity contribution in [1.82, 2.24) is 5.43 Å². The molecule has 0 aliphatic carbocycles. The summed E-state index contributed by atoms with van der Waals surface area (Å²) in [5, 5.41) is 0. The molecular weight excluding hydrogens is 322 g/mol. The van der Waals surface area contributed by atoms with Gasteiger partial charge in [0.15, 0.2) is 0 Å². The van der Waals surface area contributed by atoms with Gasteiger partial charge in [0.1, 0.15) is 0 Å². The van der Waals surface area contributed by atoms with Crippen LogP contribution in [0.1, 0.15) is 43.4 Å². The summed E-state index contributed by atoms with van der Waals surface area (Å²) >= 11 is 0. The Balaban J connectivity index is 0.00000243. The summed E-state index contributed by atoms with van der Waals surface area (Å²) in [4.78, 5) is 13.8. The Kier molecular flexibility index (Phi) is 7.67. The maximum Gasteiger partial charge on any atom is 0.238 e. The number of nitrogens with one attached hydrogen (secondary N) is 1. The number of benzene rings is 2. The molecule has 0 spiro atoms. The number of aryl methyl sites for hydroxylation is 2. The minimum Gasteiger partial charge on any atom is -0.372 e. The van der Waals surface area contributed by atoms with Crippen molar-refractivity contribution in [3.05, 3.63) is 65.2 Å². The van der Waals surface area contributed by atoms with Crippen LogP contribution in [0.2, 0.25) is 0 Å². The van der Waals surface area contributed by atoms with Crippen molar-refractivity contribution in [2.45, 2.75) is 46.0 Å². The summed E-state index contributed by atoms with van der Waals surface area (Å²) in [6.07, 6.45) is 6.35. The molecule has 4 heteroatoms. The van der Waals surface area contributed by atoms with E-state index in [0.29, 0.717) is 6.42 Å². The van der Waals surface area contributed by atoms with Crippen molar-refractivity contribution >= 4 is 11.6 Å². The molecule has 4 nitrogen and oxygen atoms in total. The van der Waals surface area contributed by atoms with E-state index in [1.807, 2.05) is 12.1 Å². The van der Waals surface area contributed by atoms with Crippen molar-refractivity contribution in [3.8, 4) is 0 Å². The third-order valence-corrected chi connectivity index (χ3v) is 4.91. The molecule has 1 heterocycles. The molecule has 1 aliphatic heterocycles. The molecule has 0 radical (unpaired) electrons. The van der Waals surface area contributed by atoms with Gasteiger partial charge in [-0.1, -0.05) is 43.8 Å². The zero-order valence-electron chi connectivity index (χ0n) is 14.7. The molecule has 2 aromatic rings. The third-order valence-electron chi connectivity index (χ3n) is 4.91. The van der Waals surface area contributed by atoms with Crippen LogP contribution in [-0.4, -0.2) is 19.0 Å². The molecule has 0 atom stereocenters. The molecule has 1 saturated heterocycles. The third kappa shape index (κ3) is 5.60. The predicted octanol–water partition coefficient (Wildman–Crippen LogP) is 3.63. The van der Waals surface area contributed by atoms with Gasteiger partial charge in [0, 0.05) is 18.8 Å². The summed E-state index contributed by atoms with van der Waals surface area (Å²) < 4.78 is 0. The summed E-state index contributed by atoms with van der Waals surface area (Å²) in [7, 11) is 0. The largest absolute Gasteiger partial charge is 0.372 e. The van der Waals surface area contributed by atoms with Gasteiger partial charge in [0.2, 0.25) is 5.91 Å². The van der Waals surface area contributed by atoms with Gasteiger partial charge in [-0.25, -0.2) is 5.84 Å². The van der Waals surface area contributed by atoms with Crippen molar-refractivity contribution < 1.29 is 4.79 Å². The first-order chi connectivity index (χ1) is 12.2. The number of anilines is 1. The number of hydrogen-bond donors (Lipinski definition) is 2. The second-order valence-corrected chi connectivity index (χ2v) is 6.77. The molecule has 1 aliphatic rings. The number of hydrogen-bond acceptors (Lipinski definition) is 3. The van der Waals surface area contributed by atoms with Crippen LogP contribution in [0.25, 0.3) is 0 Å². The minimum absolute atomic E-state index is 0. The van der Waals surface area contributed by atoms with Gasteiger partial charge in [-0.15, -0.1) is 0 Å². The lowest BCUT2D eigenvalue weighted by Crippen LogP contribution is -2.31. The predicted molar refractivity (Wildman–Crippen MR) is 109 cm³/mol. The first-order valence-electron chi connectivity index (χ1n) is 9.16. The Morgan fingerprint density at radius 2 is 1.35 bits per heavy atom. The number of amides is 1. The van der Waals surface area contributed by atoms with Gasteiger partial charge in [-0.3, -0.25) is 10.2 Å². The maximum absolute atomic E-state index is 11.3. The highest BCUT2D eigenvalue weighted by atomic mass is 16.2. The highest BCUT2D eigenvalue weighted by molar-refractivity contribution is 5.77. The van der Waals surface area contributed by atoms with E-state index in [1.54, 1.807) is 0 Å². The molecule has 0 saturated carbocycles. The van der Waals surface area contributed by atoms with Crippen LogP contribution in [0.3, 0.4) is 0 Å². The van der Waals surface area contributed by atoms with Crippen LogP contribution < -0.4 is 16.2 Å². The van der Waals surface area contributed by atoms with Crippen LogP contribution in [-0.2, 0) is 24.1 Å². The van der Waals surface area contributed by atoms with E-state index in [0.717, 1.165) is 18.4 Å². The second kappa shape index (κ2) is 9.97. The highest BCUT2D eigenvalue weighted by Gasteiger charge is 2.10. The Morgan fingerprint density at radius 3 is 1.88 bits per heavy atom. The Labute approximate surface area is 157 Å².